The van der Waals surface area contributed by atoms with Gasteiger partial charge in [-0.25, -0.2) is 0 Å². The van der Waals surface area contributed by atoms with Crippen LogP contribution in [0.3, 0.4) is 0 Å². The Hall–Kier alpha value is -5.68. The Morgan fingerprint density at radius 3 is 1.20 bits per heavy atom. The molecule has 0 aliphatic heterocycles. The van der Waals surface area contributed by atoms with Gasteiger partial charge in [-0.1, -0.05) is 225 Å². The zero-order valence-corrected chi connectivity index (χ0v) is 58.8. The largest absolute Gasteiger partial charge is 0.353 e. The van der Waals surface area contributed by atoms with Crippen molar-refractivity contribution in [1.82, 2.24) is 24.5 Å². The highest BCUT2D eigenvalue weighted by Gasteiger charge is 2.23. The van der Waals surface area contributed by atoms with Crippen LogP contribution in [0.1, 0.15) is 296 Å². The minimum Gasteiger partial charge on any atom is -0.353 e. The molecular weight excluding hydrogens is 971 g/mol. The van der Waals surface area contributed by atoms with Crippen LogP contribution in [0.25, 0.3) is 35.1 Å². The van der Waals surface area contributed by atoms with Gasteiger partial charge in [0.1, 0.15) is 0 Å². The molecule has 5 heteroatoms. The van der Waals surface area contributed by atoms with Gasteiger partial charge in [0.15, 0.2) is 0 Å². The monoisotopic (exact) mass is 1100 g/mol. The van der Waals surface area contributed by atoms with Crippen molar-refractivity contribution in [2.75, 3.05) is 0 Å². The molecule has 1 aromatic carbocycles. The van der Waals surface area contributed by atoms with Crippen molar-refractivity contribution < 1.29 is 0 Å². The van der Waals surface area contributed by atoms with Gasteiger partial charge in [0.2, 0.25) is 0 Å². The average Bonchev–Trinajstić information content (AvgIpc) is 4.26. The van der Waals surface area contributed by atoms with E-state index in [1.807, 2.05) is 169 Å². The van der Waals surface area contributed by atoms with Crippen LogP contribution < -0.4 is 0 Å². The molecule has 0 N–H and O–H groups in total. The molecule has 0 saturated carbocycles. The summed E-state index contributed by atoms with van der Waals surface area (Å²) in [5.41, 5.74) is 24.5. The van der Waals surface area contributed by atoms with Crippen LogP contribution in [0.2, 0.25) is 0 Å². The molecule has 6 aromatic rings. The Morgan fingerprint density at radius 1 is 0.362 bits per heavy atom. The van der Waals surface area contributed by atoms with Crippen molar-refractivity contribution in [3.63, 3.8) is 0 Å². The van der Waals surface area contributed by atoms with Crippen LogP contribution in [0, 0.1) is 41.5 Å². The van der Waals surface area contributed by atoms with Gasteiger partial charge in [0.25, 0.3) is 0 Å². The molecule has 0 radical (unpaired) electrons. The Labute approximate surface area is 497 Å². The summed E-state index contributed by atoms with van der Waals surface area (Å²) in [6.07, 6.45) is 20.6. The lowest BCUT2D eigenvalue weighted by atomic mass is 9.95. The first kappa shape index (κ1) is 83.1. The Kier molecular flexibility index (Phi) is 50.0. The molecule has 0 fully saturated rings. The van der Waals surface area contributed by atoms with E-state index >= 15 is 0 Å². The van der Waals surface area contributed by atoms with Crippen LogP contribution in [0.4, 0.5) is 0 Å². The predicted molar refractivity (Wildman–Crippen MR) is 370 cm³/mol. The number of allylic oxidation sites excluding steroid dienone is 4. The van der Waals surface area contributed by atoms with Crippen LogP contribution in [-0.2, 0) is 7.05 Å². The van der Waals surface area contributed by atoms with Gasteiger partial charge >= 0.3 is 0 Å². The second kappa shape index (κ2) is 48.1. The maximum Gasteiger partial charge on any atom is 0.0669 e. The fourth-order valence-corrected chi connectivity index (χ4v) is 9.29. The summed E-state index contributed by atoms with van der Waals surface area (Å²) < 4.78 is 2.14. The summed E-state index contributed by atoms with van der Waals surface area (Å²) in [5.74, 6) is 2.34. The zero-order valence-electron chi connectivity index (χ0n) is 58.8. The second-order valence-electron chi connectivity index (χ2n) is 17.5. The zero-order chi connectivity index (χ0) is 63.6. The number of pyridine rings is 4. The first-order valence-corrected chi connectivity index (χ1v) is 31.5. The minimum atomic E-state index is 0.564. The number of aryl methyl sites for hydroxylation is 7. The van der Waals surface area contributed by atoms with Crippen molar-refractivity contribution in [2.24, 2.45) is 7.05 Å². The lowest BCUT2D eigenvalue weighted by molar-refractivity contribution is 0.888. The summed E-state index contributed by atoms with van der Waals surface area (Å²) in [6.45, 7) is 70.5. The SMILES string of the molecule is CC.CC.CC.CC.CC.CC.CC.CC.CC.CC.CC1=Cc2cccc(C)c2C1C.CC1=Cc2ccnc(C)c2C1C.CC1=Cc2cncc(C)c2C1C.CC1=Cc2nccc(C)c2C1C.Cc1nccc2cn(C)c(C)c12. The molecule has 450 valence electrons. The first-order chi connectivity index (χ1) is 38.5. The molecule has 5 heterocycles. The molecule has 80 heavy (non-hydrogen) atoms. The molecule has 4 aliphatic carbocycles. The van der Waals surface area contributed by atoms with Crippen LogP contribution >= 0.6 is 0 Å². The van der Waals surface area contributed by atoms with Gasteiger partial charge in [0.05, 0.1) is 5.69 Å². The normalized spacial score (nSPS) is 14.7. The van der Waals surface area contributed by atoms with E-state index in [1.54, 1.807) is 0 Å². The molecule has 4 atom stereocenters. The highest BCUT2D eigenvalue weighted by atomic mass is 14.9. The number of fused-ring (bicyclic) bond motifs is 5. The van der Waals surface area contributed by atoms with E-state index in [4.69, 9.17) is 0 Å². The van der Waals surface area contributed by atoms with Crippen LogP contribution in [0.5, 0.6) is 0 Å². The van der Waals surface area contributed by atoms with Gasteiger partial charge < -0.3 is 4.57 Å². The topological polar surface area (TPSA) is 56.5 Å². The van der Waals surface area contributed by atoms with Gasteiger partial charge in [-0.05, 0) is 149 Å². The van der Waals surface area contributed by atoms with Gasteiger partial charge in [-0.2, -0.15) is 0 Å². The van der Waals surface area contributed by atoms with E-state index in [0.717, 1.165) is 5.69 Å². The molecule has 5 aromatic heterocycles. The highest BCUT2D eigenvalue weighted by molar-refractivity contribution is 5.87. The number of hydrogen-bond donors (Lipinski definition) is 0. The maximum atomic E-state index is 4.34. The van der Waals surface area contributed by atoms with E-state index in [9.17, 15) is 0 Å². The van der Waals surface area contributed by atoms with E-state index in [0.29, 0.717) is 23.7 Å². The fourth-order valence-electron chi connectivity index (χ4n) is 9.29. The summed E-state index contributed by atoms with van der Waals surface area (Å²) in [4.78, 5) is 17.1. The smallest absolute Gasteiger partial charge is 0.0669 e. The predicted octanol–water partition coefficient (Wildman–Crippen LogP) is 24.7. The van der Waals surface area contributed by atoms with Crippen molar-refractivity contribution in [2.45, 2.75) is 259 Å². The summed E-state index contributed by atoms with van der Waals surface area (Å²) in [7, 11) is 2.06. The summed E-state index contributed by atoms with van der Waals surface area (Å²) in [5, 5.41) is 2.57. The molecular formula is C75H125N5. The van der Waals surface area contributed by atoms with Crippen LogP contribution in [-0.4, -0.2) is 24.5 Å². The standard InChI is InChI=1S/C12H14.3C11H13N.C10H12N2.10C2H6/c1-8-5-4-6-11-7-9(2)10(3)12(8)11;1-7-4-10-6-12-5-8(2)11(10)9(7)3;1-7-6-10-4-5-12-9(3)11(10)8(7)2;1-7-4-5-12-10-6-8(2)9(3)11(7)10;1-7-10-8(2)12(3)6-9(10)4-5-11-7;10*1-2/h4-7,10H,1-3H3;4-6,9H,1-3H3;4-6,8H,1-3H3;4-6,9H,1-3H3;4-6H,1-3H3;10*1-2H3. The third-order valence-electron chi connectivity index (χ3n) is 13.4. The van der Waals surface area contributed by atoms with Crippen molar-refractivity contribution >= 4 is 35.1 Å². The third kappa shape index (κ3) is 23.8. The van der Waals surface area contributed by atoms with E-state index in [2.05, 4.69) is 195 Å². The minimum absolute atomic E-state index is 0.564. The molecule has 5 nitrogen and oxygen atoms in total. The van der Waals surface area contributed by atoms with E-state index in [-0.39, 0.29) is 0 Å². The number of benzene rings is 1. The number of hydrogen-bond acceptors (Lipinski definition) is 4. The van der Waals surface area contributed by atoms with Gasteiger partial charge in [-0.3, -0.25) is 19.9 Å². The number of rotatable bonds is 0. The molecule has 4 aliphatic rings. The van der Waals surface area contributed by atoms with Crippen molar-refractivity contribution in [3.8, 4) is 0 Å². The van der Waals surface area contributed by atoms with Crippen molar-refractivity contribution in [3.05, 3.63) is 174 Å². The number of nitrogens with zero attached hydrogens (tertiary/aromatic N) is 5. The number of aromatic nitrogens is 5. The lowest BCUT2D eigenvalue weighted by Crippen LogP contribution is -1.96. The molecule has 0 saturated heterocycles. The molecule has 0 bridgehead atoms. The Balaban J connectivity index is -0.000000271. The fraction of sp³-hybridized carbons (Fsp3) is 0.520. The summed E-state index contributed by atoms with van der Waals surface area (Å²) >= 11 is 0. The molecule has 4 unspecified atom stereocenters. The maximum absolute atomic E-state index is 4.34. The third-order valence-corrected chi connectivity index (χ3v) is 13.4. The van der Waals surface area contributed by atoms with Gasteiger partial charge in [0, 0.05) is 95.8 Å². The highest BCUT2D eigenvalue weighted by Crippen LogP contribution is 2.39. The van der Waals surface area contributed by atoms with Crippen molar-refractivity contribution in [1.29, 1.82) is 0 Å². The summed E-state index contributed by atoms with van der Waals surface area (Å²) in [6, 6.07) is 12.8. The lowest BCUT2D eigenvalue weighted by Gasteiger charge is -2.10. The Morgan fingerprint density at radius 2 is 0.750 bits per heavy atom. The molecule has 0 amide bonds. The van der Waals surface area contributed by atoms with E-state index < -0.39 is 0 Å². The second-order valence-corrected chi connectivity index (χ2v) is 17.5. The first-order valence-electron chi connectivity index (χ1n) is 31.5. The Bertz CT molecular complexity index is 2400. The van der Waals surface area contributed by atoms with Gasteiger partial charge in [-0.15, -0.1) is 0 Å². The van der Waals surface area contributed by atoms with E-state index in [1.165, 1.54) is 106 Å². The molecule has 0 spiro atoms. The molecule has 10 rings (SSSR count). The average molecular weight is 1100 g/mol. The van der Waals surface area contributed by atoms with Crippen LogP contribution in [0.15, 0.2) is 95.9 Å². The quantitative estimate of drug-likeness (QED) is 0.152.